The quantitative estimate of drug-likeness (QED) is 0.938. The van der Waals surface area contributed by atoms with E-state index in [1.165, 1.54) is 34.7 Å². The largest absolute Gasteiger partial charge is 0.356 e. The van der Waals surface area contributed by atoms with Crippen LogP contribution in [0.4, 0.5) is 0 Å². The summed E-state index contributed by atoms with van der Waals surface area (Å²) in [7, 11) is 2.24. The maximum absolute atomic E-state index is 11.6. The molecular formula is C21H26N2O. The van der Waals surface area contributed by atoms with E-state index in [2.05, 4.69) is 60.6 Å². The van der Waals surface area contributed by atoms with Gasteiger partial charge in [0.15, 0.2) is 0 Å². The fourth-order valence-corrected chi connectivity index (χ4v) is 4.66. The Hall–Kier alpha value is -1.87. The lowest BCUT2D eigenvalue weighted by Gasteiger charge is -2.25. The number of hydrogen-bond acceptors (Lipinski definition) is 2. The Morgan fingerprint density at radius 2 is 1.83 bits per heavy atom. The zero-order valence-electron chi connectivity index (χ0n) is 14.6. The first-order valence-corrected chi connectivity index (χ1v) is 9.06. The van der Waals surface area contributed by atoms with E-state index in [0.717, 1.165) is 19.5 Å². The number of aryl methyl sites for hydroxylation is 1. The summed E-state index contributed by atoms with van der Waals surface area (Å²) in [5.41, 5.74) is 2.75. The van der Waals surface area contributed by atoms with E-state index >= 15 is 0 Å². The van der Waals surface area contributed by atoms with Crippen molar-refractivity contribution in [1.82, 2.24) is 10.2 Å². The molecule has 1 saturated carbocycles. The standard InChI is InChI=1S/C21H26N2O/c1-14-5-3-8-20-15(6-4-7-19(14)20)13-23(2)18-9-16-11-21(24)22-12-17(16)10-18/h3-8,16-18H,9-13H2,1-2H3,(H,22,24)/t16-,17+,18-/m1/s1. The summed E-state index contributed by atoms with van der Waals surface area (Å²) in [4.78, 5) is 14.1. The molecule has 3 nitrogen and oxygen atoms in total. The molecule has 126 valence electrons. The van der Waals surface area contributed by atoms with Crippen LogP contribution in [0.15, 0.2) is 36.4 Å². The minimum atomic E-state index is 0.240. The number of benzene rings is 2. The molecule has 2 fully saturated rings. The van der Waals surface area contributed by atoms with E-state index in [1.54, 1.807) is 0 Å². The van der Waals surface area contributed by atoms with Crippen LogP contribution in [0.25, 0.3) is 10.8 Å². The fraction of sp³-hybridized carbons (Fsp3) is 0.476. The summed E-state index contributed by atoms with van der Waals surface area (Å²) in [6.45, 7) is 4.04. The van der Waals surface area contributed by atoms with Crippen molar-refractivity contribution in [2.24, 2.45) is 11.8 Å². The smallest absolute Gasteiger partial charge is 0.220 e. The van der Waals surface area contributed by atoms with Gasteiger partial charge in [0, 0.05) is 25.6 Å². The van der Waals surface area contributed by atoms with Crippen LogP contribution in [0, 0.1) is 18.8 Å². The lowest BCUT2D eigenvalue weighted by Crippen LogP contribution is -2.38. The minimum absolute atomic E-state index is 0.240. The van der Waals surface area contributed by atoms with E-state index in [-0.39, 0.29) is 5.91 Å². The highest BCUT2D eigenvalue weighted by atomic mass is 16.1. The van der Waals surface area contributed by atoms with Crippen LogP contribution in [0.5, 0.6) is 0 Å². The van der Waals surface area contributed by atoms with Gasteiger partial charge in [0.2, 0.25) is 5.91 Å². The number of rotatable bonds is 3. The molecule has 0 bridgehead atoms. The van der Waals surface area contributed by atoms with Gasteiger partial charge in [0.1, 0.15) is 0 Å². The van der Waals surface area contributed by atoms with Gasteiger partial charge >= 0.3 is 0 Å². The molecule has 1 heterocycles. The van der Waals surface area contributed by atoms with Crippen LogP contribution >= 0.6 is 0 Å². The van der Waals surface area contributed by atoms with Crippen LogP contribution in [0.1, 0.15) is 30.4 Å². The van der Waals surface area contributed by atoms with E-state index in [0.29, 0.717) is 17.9 Å². The Bertz CT molecular complexity index is 770. The average molecular weight is 322 g/mol. The Morgan fingerprint density at radius 3 is 2.71 bits per heavy atom. The lowest BCUT2D eigenvalue weighted by atomic mass is 9.89. The SMILES string of the molecule is Cc1cccc2c(CN(C)[C@H]3C[C@H]4CNC(=O)C[C@H]4C3)cccc12. The zero-order chi connectivity index (χ0) is 16.7. The van der Waals surface area contributed by atoms with Gasteiger partial charge in [-0.1, -0.05) is 36.4 Å². The summed E-state index contributed by atoms with van der Waals surface area (Å²) in [6, 6.07) is 13.8. The maximum atomic E-state index is 11.6. The van der Waals surface area contributed by atoms with Crippen LogP contribution in [-0.4, -0.2) is 30.4 Å². The molecular weight excluding hydrogens is 296 g/mol. The molecule has 1 aliphatic carbocycles. The number of carbonyl (C=O) groups is 1. The molecule has 4 rings (SSSR count). The summed E-state index contributed by atoms with van der Waals surface area (Å²) in [6.07, 6.45) is 3.10. The van der Waals surface area contributed by atoms with Gasteiger partial charge in [-0.3, -0.25) is 9.69 Å². The normalized spacial score (nSPS) is 26.6. The molecule has 24 heavy (non-hydrogen) atoms. The van der Waals surface area contributed by atoms with E-state index in [1.807, 2.05) is 0 Å². The summed E-state index contributed by atoms with van der Waals surface area (Å²) in [5, 5.41) is 5.77. The number of amides is 1. The maximum Gasteiger partial charge on any atom is 0.220 e. The summed E-state index contributed by atoms with van der Waals surface area (Å²) in [5.74, 6) is 1.50. The third kappa shape index (κ3) is 2.82. The Labute approximate surface area is 144 Å². The van der Waals surface area contributed by atoms with Gasteiger partial charge in [0.05, 0.1) is 0 Å². The van der Waals surface area contributed by atoms with Crippen LogP contribution in [0.2, 0.25) is 0 Å². The van der Waals surface area contributed by atoms with Crippen LogP contribution in [0.3, 0.4) is 0 Å². The molecule has 0 unspecified atom stereocenters. The third-order valence-electron chi connectivity index (χ3n) is 6.10. The highest BCUT2D eigenvalue weighted by molar-refractivity contribution is 5.88. The molecule has 2 aromatic carbocycles. The van der Waals surface area contributed by atoms with Crippen molar-refractivity contribution in [2.45, 2.75) is 38.8 Å². The second-order valence-corrected chi connectivity index (χ2v) is 7.66. The van der Waals surface area contributed by atoms with E-state index in [9.17, 15) is 4.79 Å². The highest BCUT2D eigenvalue weighted by Crippen LogP contribution is 2.38. The van der Waals surface area contributed by atoms with Gasteiger partial charge in [-0.15, -0.1) is 0 Å². The molecule has 3 heteroatoms. The third-order valence-corrected chi connectivity index (χ3v) is 6.10. The first-order valence-electron chi connectivity index (χ1n) is 9.06. The van der Waals surface area contributed by atoms with Crippen molar-refractivity contribution >= 4 is 16.7 Å². The number of carbonyl (C=O) groups excluding carboxylic acids is 1. The van der Waals surface area contributed by atoms with Crippen molar-refractivity contribution in [3.63, 3.8) is 0 Å². The van der Waals surface area contributed by atoms with Gasteiger partial charge in [0.25, 0.3) is 0 Å². The molecule has 0 aromatic heterocycles. The average Bonchev–Trinajstić information content (AvgIpc) is 2.99. The van der Waals surface area contributed by atoms with Gasteiger partial charge in [-0.05, 0) is 60.5 Å². The van der Waals surface area contributed by atoms with Crippen molar-refractivity contribution < 1.29 is 4.79 Å². The molecule has 2 aromatic rings. The van der Waals surface area contributed by atoms with Gasteiger partial charge in [-0.25, -0.2) is 0 Å². The topological polar surface area (TPSA) is 32.3 Å². The van der Waals surface area contributed by atoms with Crippen molar-refractivity contribution in [1.29, 1.82) is 0 Å². The van der Waals surface area contributed by atoms with E-state index < -0.39 is 0 Å². The first kappa shape index (κ1) is 15.6. The Morgan fingerprint density at radius 1 is 1.08 bits per heavy atom. The number of hydrogen-bond donors (Lipinski definition) is 1. The van der Waals surface area contributed by atoms with Crippen LogP contribution in [-0.2, 0) is 11.3 Å². The minimum Gasteiger partial charge on any atom is -0.356 e. The predicted molar refractivity (Wildman–Crippen MR) is 97.8 cm³/mol. The second-order valence-electron chi connectivity index (χ2n) is 7.66. The molecule has 1 aliphatic heterocycles. The number of fused-ring (bicyclic) bond motifs is 2. The molecule has 0 spiro atoms. The molecule has 1 N–H and O–H groups in total. The highest BCUT2D eigenvalue weighted by Gasteiger charge is 2.39. The molecule has 1 amide bonds. The zero-order valence-corrected chi connectivity index (χ0v) is 14.6. The summed E-state index contributed by atoms with van der Waals surface area (Å²) >= 11 is 0. The number of nitrogens with zero attached hydrogens (tertiary/aromatic N) is 1. The number of piperidine rings is 1. The molecule has 1 saturated heterocycles. The second kappa shape index (κ2) is 6.21. The van der Waals surface area contributed by atoms with Gasteiger partial charge < -0.3 is 5.32 Å². The Kier molecular flexibility index (Phi) is 4.05. The predicted octanol–water partition coefficient (Wildman–Crippen LogP) is 3.49. The van der Waals surface area contributed by atoms with Crippen molar-refractivity contribution in [2.75, 3.05) is 13.6 Å². The fourth-order valence-electron chi connectivity index (χ4n) is 4.66. The molecule has 3 atom stereocenters. The molecule has 0 radical (unpaired) electrons. The number of nitrogens with one attached hydrogen (secondary N) is 1. The van der Waals surface area contributed by atoms with Crippen molar-refractivity contribution in [3.8, 4) is 0 Å². The first-order chi connectivity index (χ1) is 11.6. The summed E-state index contributed by atoms with van der Waals surface area (Å²) < 4.78 is 0. The molecule has 2 aliphatic rings. The van der Waals surface area contributed by atoms with E-state index in [4.69, 9.17) is 0 Å². The lowest BCUT2D eigenvalue weighted by molar-refractivity contribution is -0.124. The Balaban J connectivity index is 1.52. The van der Waals surface area contributed by atoms with Crippen molar-refractivity contribution in [3.05, 3.63) is 47.5 Å². The van der Waals surface area contributed by atoms with Crippen LogP contribution < -0.4 is 5.32 Å². The monoisotopic (exact) mass is 322 g/mol. The van der Waals surface area contributed by atoms with Gasteiger partial charge in [-0.2, -0.15) is 0 Å².